The van der Waals surface area contributed by atoms with E-state index >= 15 is 0 Å². The third kappa shape index (κ3) is 3.62. The fraction of sp³-hybridized carbons (Fsp3) is 0.500. The first kappa shape index (κ1) is 15.3. The van der Waals surface area contributed by atoms with E-state index in [0.717, 1.165) is 11.3 Å². The van der Waals surface area contributed by atoms with Crippen LogP contribution in [0, 0.1) is 10.1 Å². The Labute approximate surface area is 120 Å². The molecule has 0 saturated carbocycles. The number of halogens is 1. The molecule has 0 radical (unpaired) electrons. The van der Waals surface area contributed by atoms with Gasteiger partial charge in [0, 0.05) is 30.2 Å². The molecule has 18 heavy (non-hydrogen) atoms. The summed E-state index contributed by atoms with van der Waals surface area (Å²) in [7, 11) is 1.90. The van der Waals surface area contributed by atoms with Gasteiger partial charge < -0.3 is 4.90 Å². The van der Waals surface area contributed by atoms with E-state index in [0.29, 0.717) is 11.0 Å². The molecule has 0 aliphatic rings. The zero-order valence-corrected chi connectivity index (χ0v) is 13.1. The lowest BCUT2D eigenvalue weighted by molar-refractivity contribution is -0.384. The lowest BCUT2D eigenvalue weighted by atomic mass is 10.1. The number of hydrogen-bond donors (Lipinski definition) is 0. The molecule has 6 heteroatoms. The van der Waals surface area contributed by atoms with Crippen LogP contribution in [0.4, 0.5) is 11.4 Å². The maximum absolute atomic E-state index is 11.1. The molecule has 100 valence electrons. The Morgan fingerprint density at radius 1 is 1.56 bits per heavy atom. The largest absolute Gasteiger partial charge is 0.366 e. The monoisotopic (exact) mass is 332 g/mol. The highest BCUT2D eigenvalue weighted by Gasteiger charge is 2.20. The average Bonchev–Trinajstić information content (AvgIpc) is 2.37. The summed E-state index contributed by atoms with van der Waals surface area (Å²) in [6.45, 7) is 2.07. The van der Waals surface area contributed by atoms with Crippen molar-refractivity contribution in [3.8, 4) is 0 Å². The second-order valence-electron chi connectivity index (χ2n) is 4.13. The van der Waals surface area contributed by atoms with Gasteiger partial charge in [0.25, 0.3) is 5.69 Å². The van der Waals surface area contributed by atoms with Crippen molar-refractivity contribution >= 4 is 39.1 Å². The molecule has 0 N–H and O–H groups in total. The fourth-order valence-corrected chi connectivity index (χ4v) is 2.74. The Morgan fingerprint density at radius 3 is 2.72 bits per heavy atom. The second kappa shape index (κ2) is 6.99. The topological polar surface area (TPSA) is 46.4 Å². The smallest absolute Gasteiger partial charge is 0.292 e. The van der Waals surface area contributed by atoms with Crippen molar-refractivity contribution in [2.24, 2.45) is 0 Å². The molecule has 1 unspecified atom stereocenters. The minimum Gasteiger partial charge on any atom is -0.366 e. The number of nitro benzene ring substituents is 1. The van der Waals surface area contributed by atoms with Crippen LogP contribution < -0.4 is 4.90 Å². The molecule has 4 nitrogen and oxygen atoms in total. The van der Waals surface area contributed by atoms with Gasteiger partial charge in [-0.2, -0.15) is 11.8 Å². The van der Waals surface area contributed by atoms with Crippen LogP contribution in [0.15, 0.2) is 18.2 Å². The standard InChI is InChI=1S/C12H17BrN2O2S/c1-9(8-18-3)14(2)11-5-4-10(7-13)6-12(11)15(16)17/h4-6,9H,7-8H2,1-3H3. The van der Waals surface area contributed by atoms with Gasteiger partial charge in [0.15, 0.2) is 0 Å². The first-order valence-corrected chi connectivity index (χ1v) is 8.07. The number of thioether (sulfide) groups is 1. The van der Waals surface area contributed by atoms with Crippen molar-refractivity contribution in [2.45, 2.75) is 18.3 Å². The zero-order valence-electron chi connectivity index (χ0n) is 10.7. The van der Waals surface area contributed by atoms with E-state index < -0.39 is 0 Å². The first-order valence-electron chi connectivity index (χ1n) is 5.56. The maximum atomic E-state index is 11.1. The van der Waals surface area contributed by atoms with E-state index in [1.165, 1.54) is 0 Å². The number of alkyl halides is 1. The van der Waals surface area contributed by atoms with Crippen LogP contribution >= 0.6 is 27.7 Å². The van der Waals surface area contributed by atoms with E-state index in [1.807, 2.05) is 30.3 Å². The summed E-state index contributed by atoms with van der Waals surface area (Å²) in [6, 6.07) is 5.63. The summed E-state index contributed by atoms with van der Waals surface area (Å²) in [5, 5.41) is 11.8. The SMILES string of the molecule is CSCC(C)N(C)c1ccc(CBr)cc1[N+](=O)[O-]. The number of rotatable bonds is 6. The van der Waals surface area contributed by atoms with Gasteiger partial charge in [-0.3, -0.25) is 10.1 Å². The van der Waals surface area contributed by atoms with E-state index in [4.69, 9.17) is 0 Å². The third-order valence-electron chi connectivity index (χ3n) is 2.84. The highest BCUT2D eigenvalue weighted by molar-refractivity contribution is 9.08. The van der Waals surface area contributed by atoms with Crippen LogP contribution in [0.3, 0.4) is 0 Å². The minimum absolute atomic E-state index is 0.169. The van der Waals surface area contributed by atoms with Crippen molar-refractivity contribution in [3.63, 3.8) is 0 Å². The Balaban J connectivity index is 3.10. The van der Waals surface area contributed by atoms with Gasteiger partial charge in [-0.05, 0) is 24.8 Å². The molecule has 1 aromatic rings. The highest BCUT2D eigenvalue weighted by atomic mass is 79.9. The van der Waals surface area contributed by atoms with Crippen LogP contribution in [0.25, 0.3) is 0 Å². The Kier molecular flexibility index (Phi) is 5.95. The van der Waals surface area contributed by atoms with Gasteiger partial charge in [0.1, 0.15) is 5.69 Å². The lowest BCUT2D eigenvalue weighted by Crippen LogP contribution is -2.31. The number of hydrogen-bond acceptors (Lipinski definition) is 4. The highest BCUT2D eigenvalue weighted by Crippen LogP contribution is 2.30. The van der Waals surface area contributed by atoms with Crippen LogP contribution in [0.2, 0.25) is 0 Å². The summed E-state index contributed by atoms with van der Waals surface area (Å²) in [6.07, 6.45) is 2.03. The fourth-order valence-electron chi connectivity index (χ4n) is 1.69. The van der Waals surface area contributed by atoms with Gasteiger partial charge >= 0.3 is 0 Å². The van der Waals surface area contributed by atoms with Gasteiger partial charge in [0.2, 0.25) is 0 Å². The predicted molar refractivity (Wildman–Crippen MR) is 82.0 cm³/mol. The summed E-state index contributed by atoms with van der Waals surface area (Å²) in [5.41, 5.74) is 1.75. The van der Waals surface area contributed by atoms with Gasteiger partial charge in [-0.1, -0.05) is 22.0 Å². The minimum atomic E-state index is -0.316. The molecule has 0 spiro atoms. The molecular weight excluding hydrogens is 316 g/mol. The van der Waals surface area contributed by atoms with Gasteiger partial charge in [0.05, 0.1) is 4.92 Å². The molecule has 0 aliphatic heterocycles. The normalized spacial score (nSPS) is 12.2. The Morgan fingerprint density at radius 2 is 2.22 bits per heavy atom. The third-order valence-corrected chi connectivity index (χ3v) is 4.30. The molecule has 0 amide bonds. The number of benzene rings is 1. The number of nitrogens with zero attached hydrogens (tertiary/aromatic N) is 2. The van der Waals surface area contributed by atoms with Crippen LogP contribution in [-0.4, -0.2) is 30.0 Å². The summed E-state index contributed by atoms with van der Waals surface area (Å²) in [5.74, 6) is 0.938. The zero-order chi connectivity index (χ0) is 13.7. The van der Waals surface area contributed by atoms with Crippen molar-refractivity contribution in [1.82, 2.24) is 0 Å². The van der Waals surface area contributed by atoms with E-state index in [-0.39, 0.29) is 16.7 Å². The van der Waals surface area contributed by atoms with E-state index in [1.54, 1.807) is 17.8 Å². The summed E-state index contributed by atoms with van der Waals surface area (Å²) < 4.78 is 0. The Bertz CT molecular complexity index is 429. The van der Waals surface area contributed by atoms with E-state index in [9.17, 15) is 10.1 Å². The van der Waals surface area contributed by atoms with Crippen molar-refractivity contribution in [1.29, 1.82) is 0 Å². The van der Waals surface area contributed by atoms with Crippen molar-refractivity contribution in [2.75, 3.05) is 24.0 Å². The molecule has 0 aliphatic carbocycles. The van der Waals surface area contributed by atoms with Crippen molar-refractivity contribution in [3.05, 3.63) is 33.9 Å². The van der Waals surface area contributed by atoms with Gasteiger partial charge in [-0.25, -0.2) is 0 Å². The van der Waals surface area contributed by atoms with Crippen molar-refractivity contribution < 1.29 is 4.92 Å². The summed E-state index contributed by atoms with van der Waals surface area (Å²) >= 11 is 5.05. The van der Waals surface area contributed by atoms with Crippen LogP contribution in [0.5, 0.6) is 0 Å². The van der Waals surface area contributed by atoms with E-state index in [2.05, 4.69) is 22.9 Å². The quantitative estimate of drug-likeness (QED) is 0.453. The second-order valence-corrected chi connectivity index (χ2v) is 5.60. The number of anilines is 1. The average molecular weight is 333 g/mol. The summed E-state index contributed by atoms with van der Waals surface area (Å²) in [4.78, 5) is 12.8. The molecular formula is C12H17BrN2O2S. The number of nitro groups is 1. The molecule has 1 aromatic carbocycles. The van der Waals surface area contributed by atoms with Crippen LogP contribution in [-0.2, 0) is 5.33 Å². The molecule has 0 saturated heterocycles. The molecule has 0 fully saturated rings. The molecule has 0 heterocycles. The molecule has 0 bridgehead atoms. The Hall–Kier alpha value is -0.750. The molecule has 1 rings (SSSR count). The predicted octanol–water partition coefficient (Wildman–Crippen LogP) is 3.68. The first-order chi connectivity index (χ1) is 8.51. The molecule has 1 atom stereocenters. The molecule has 0 aromatic heterocycles. The maximum Gasteiger partial charge on any atom is 0.292 e. The van der Waals surface area contributed by atoms with Gasteiger partial charge in [-0.15, -0.1) is 0 Å². The van der Waals surface area contributed by atoms with Crippen LogP contribution in [0.1, 0.15) is 12.5 Å². The lowest BCUT2D eigenvalue weighted by Gasteiger charge is -2.26.